The van der Waals surface area contributed by atoms with Crippen molar-refractivity contribution < 1.29 is 24.2 Å². The van der Waals surface area contributed by atoms with Crippen LogP contribution in [0.4, 0.5) is 0 Å². The summed E-state index contributed by atoms with van der Waals surface area (Å²) in [7, 11) is 0. The van der Waals surface area contributed by atoms with Crippen molar-refractivity contribution in [3.05, 3.63) is 24.3 Å². The number of esters is 2. The molecule has 0 heterocycles. The Morgan fingerprint density at radius 2 is 0.625 bits per heavy atom. The standard InChI is InChI=1S/C59H112O5/c1-3-5-7-9-11-13-15-17-19-20-21-22-23-24-25-26-27-28-29-30-31-32-33-34-35-36-37-38-40-41-43-45-47-49-51-53-58(61)63-56-57(55-60)64-59(62)54-52-50-48-46-44-42-39-18-16-14-12-10-8-6-4-2/h12,14,18,39,57,60H,3-11,13,15-17,19-38,40-56H2,1-2H3/b14-12-,39-18-. The summed E-state index contributed by atoms with van der Waals surface area (Å²) in [5.41, 5.74) is 0. The predicted octanol–water partition coefficient (Wildman–Crippen LogP) is 19.3. The smallest absolute Gasteiger partial charge is 0.306 e. The number of rotatable bonds is 54. The van der Waals surface area contributed by atoms with Gasteiger partial charge in [-0.15, -0.1) is 0 Å². The van der Waals surface area contributed by atoms with Crippen molar-refractivity contribution in [3.63, 3.8) is 0 Å². The quantitative estimate of drug-likeness (QED) is 0.0374. The van der Waals surface area contributed by atoms with E-state index in [1.54, 1.807) is 0 Å². The minimum absolute atomic E-state index is 0.0665. The summed E-state index contributed by atoms with van der Waals surface area (Å²) >= 11 is 0. The number of aliphatic hydroxyl groups excluding tert-OH is 1. The van der Waals surface area contributed by atoms with E-state index in [1.165, 1.54) is 244 Å². The second kappa shape index (κ2) is 55.7. The van der Waals surface area contributed by atoms with Gasteiger partial charge in [0, 0.05) is 12.8 Å². The molecule has 0 amide bonds. The molecule has 0 fully saturated rings. The minimum Gasteiger partial charge on any atom is -0.462 e. The van der Waals surface area contributed by atoms with Crippen LogP contribution in [0.1, 0.15) is 322 Å². The molecule has 0 aromatic rings. The summed E-state index contributed by atoms with van der Waals surface area (Å²) in [4.78, 5) is 24.4. The van der Waals surface area contributed by atoms with Crippen molar-refractivity contribution in [2.75, 3.05) is 13.2 Å². The van der Waals surface area contributed by atoms with Crippen LogP contribution in [-0.4, -0.2) is 36.4 Å². The number of carbonyl (C=O) groups excluding carboxylic acids is 2. The number of unbranched alkanes of at least 4 members (excludes halogenated alkanes) is 42. The van der Waals surface area contributed by atoms with Crippen LogP contribution in [0.5, 0.6) is 0 Å². The maximum Gasteiger partial charge on any atom is 0.306 e. The van der Waals surface area contributed by atoms with Crippen LogP contribution in [0.15, 0.2) is 24.3 Å². The molecule has 0 aliphatic rings. The van der Waals surface area contributed by atoms with E-state index < -0.39 is 6.10 Å². The molecule has 0 bridgehead atoms. The summed E-state index contributed by atoms with van der Waals surface area (Å²) in [6.45, 7) is 4.14. The Kier molecular flexibility index (Phi) is 54.3. The molecule has 1 atom stereocenters. The number of hydrogen-bond donors (Lipinski definition) is 1. The van der Waals surface area contributed by atoms with Crippen molar-refractivity contribution >= 4 is 11.9 Å². The molecule has 0 aromatic carbocycles. The van der Waals surface area contributed by atoms with Crippen LogP contribution in [0.25, 0.3) is 0 Å². The molecule has 0 saturated carbocycles. The Labute approximate surface area is 400 Å². The molecule has 64 heavy (non-hydrogen) atoms. The van der Waals surface area contributed by atoms with Crippen molar-refractivity contribution in [3.8, 4) is 0 Å². The average molecular weight is 902 g/mol. The lowest BCUT2D eigenvalue weighted by atomic mass is 10.0. The van der Waals surface area contributed by atoms with E-state index in [9.17, 15) is 14.7 Å². The van der Waals surface area contributed by atoms with E-state index in [0.717, 1.165) is 51.4 Å². The van der Waals surface area contributed by atoms with Crippen LogP contribution >= 0.6 is 0 Å². The van der Waals surface area contributed by atoms with Gasteiger partial charge in [0.15, 0.2) is 6.10 Å². The number of aliphatic hydroxyl groups is 1. The molecule has 0 aliphatic carbocycles. The van der Waals surface area contributed by atoms with Gasteiger partial charge in [0.2, 0.25) is 0 Å². The third-order valence-corrected chi connectivity index (χ3v) is 13.2. The Morgan fingerprint density at radius 1 is 0.359 bits per heavy atom. The zero-order chi connectivity index (χ0) is 46.3. The normalized spacial score (nSPS) is 12.2. The number of carbonyl (C=O) groups is 2. The fourth-order valence-corrected chi connectivity index (χ4v) is 8.88. The lowest BCUT2D eigenvalue weighted by Crippen LogP contribution is -2.28. The lowest BCUT2D eigenvalue weighted by Gasteiger charge is -2.15. The van der Waals surface area contributed by atoms with E-state index in [1.807, 2.05) is 0 Å². The number of hydrogen-bond acceptors (Lipinski definition) is 5. The Morgan fingerprint density at radius 3 is 0.953 bits per heavy atom. The van der Waals surface area contributed by atoms with Gasteiger partial charge in [-0.25, -0.2) is 0 Å². The van der Waals surface area contributed by atoms with Gasteiger partial charge in [-0.3, -0.25) is 9.59 Å². The number of ether oxygens (including phenoxy) is 2. The van der Waals surface area contributed by atoms with Crippen LogP contribution in [0.3, 0.4) is 0 Å². The van der Waals surface area contributed by atoms with E-state index >= 15 is 0 Å². The fourth-order valence-electron chi connectivity index (χ4n) is 8.88. The largest absolute Gasteiger partial charge is 0.462 e. The summed E-state index contributed by atoms with van der Waals surface area (Å²) in [5.74, 6) is -0.591. The average Bonchev–Trinajstić information content (AvgIpc) is 3.30. The van der Waals surface area contributed by atoms with Gasteiger partial charge in [0.1, 0.15) is 6.61 Å². The van der Waals surface area contributed by atoms with Crippen LogP contribution in [0, 0.1) is 0 Å². The lowest BCUT2D eigenvalue weighted by molar-refractivity contribution is -0.161. The van der Waals surface area contributed by atoms with Crippen LogP contribution in [0.2, 0.25) is 0 Å². The van der Waals surface area contributed by atoms with E-state index in [2.05, 4.69) is 38.2 Å². The maximum atomic E-state index is 12.2. The van der Waals surface area contributed by atoms with Crippen molar-refractivity contribution in [1.29, 1.82) is 0 Å². The molecule has 0 spiro atoms. The molecule has 5 heteroatoms. The highest BCUT2D eigenvalue weighted by Gasteiger charge is 2.16. The predicted molar refractivity (Wildman–Crippen MR) is 279 cm³/mol. The summed E-state index contributed by atoms with van der Waals surface area (Å²) < 4.78 is 10.7. The zero-order valence-electron chi connectivity index (χ0n) is 43.3. The zero-order valence-corrected chi connectivity index (χ0v) is 43.3. The molecule has 0 aromatic heterocycles. The Balaban J connectivity index is 3.36. The first-order valence-corrected chi connectivity index (χ1v) is 28.9. The Bertz CT molecular complexity index is 974. The van der Waals surface area contributed by atoms with Gasteiger partial charge in [0.05, 0.1) is 6.61 Å². The van der Waals surface area contributed by atoms with Gasteiger partial charge in [-0.1, -0.05) is 289 Å². The van der Waals surface area contributed by atoms with Gasteiger partial charge in [-0.05, 0) is 44.9 Å². The summed E-state index contributed by atoms with van der Waals surface area (Å²) in [6.07, 6.45) is 70.4. The Hall–Kier alpha value is -1.62. The van der Waals surface area contributed by atoms with E-state index in [4.69, 9.17) is 9.47 Å². The number of allylic oxidation sites excluding steroid dienone is 4. The molecule has 0 saturated heterocycles. The second-order valence-corrected chi connectivity index (χ2v) is 19.7. The van der Waals surface area contributed by atoms with Crippen LogP contribution < -0.4 is 0 Å². The molecule has 0 rings (SSSR count). The third-order valence-electron chi connectivity index (χ3n) is 13.2. The van der Waals surface area contributed by atoms with Crippen molar-refractivity contribution in [2.45, 2.75) is 328 Å². The molecule has 0 radical (unpaired) electrons. The third kappa shape index (κ3) is 53.0. The molecular formula is C59H112O5. The highest BCUT2D eigenvalue weighted by atomic mass is 16.6. The fraction of sp³-hybridized carbons (Fsp3) is 0.898. The highest BCUT2D eigenvalue weighted by Crippen LogP contribution is 2.18. The first-order chi connectivity index (χ1) is 31.6. The molecule has 378 valence electrons. The van der Waals surface area contributed by atoms with Gasteiger partial charge >= 0.3 is 11.9 Å². The van der Waals surface area contributed by atoms with Crippen LogP contribution in [-0.2, 0) is 19.1 Å². The van der Waals surface area contributed by atoms with E-state index in [-0.39, 0.29) is 25.2 Å². The summed E-state index contributed by atoms with van der Waals surface area (Å²) in [5, 5.41) is 9.62. The van der Waals surface area contributed by atoms with Crippen molar-refractivity contribution in [2.24, 2.45) is 0 Å². The monoisotopic (exact) mass is 901 g/mol. The van der Waals surface area contributed by atoms with Gasteiger partial charge in [-0.2, -0.15) is 0 Å². The SMILES string of the molecule is CCCCC/C=C\C/C=C\CCCCCCCC(=O)OC(CO)COC(=O)CCCCCCCCCCCCCCCCCCCCCCCCCCCCCCCCCCCCC. The minimum atomic E-state index is -0.776. The first kappa shape index (κ1) is 62.4. The molecule has 1 unspecified atom stereocenters. The topological polar surface area (TPSA) is 72.8 Å². The first-order valence-electron chi connectivity index (χ1n) is 28.9. The summed E-state index contributed by atoms with van der Waals surface area (Å²) in [6, 6.07) is 0. The molecular weight excluding hydrogens is 789 g/mol. The molecule has 1 N–H and O–H groups in total. The van der Waals surface area contributed by atoms with Gasteiger partial charge in [0.25, 0.3) is 0 Å². The van der Waals surface area contributed by atoms with E-state index in [0.29, 0.717) is 12.8 Å². The maximum absolute atomic E-state index is 12.2. The van der Waals surface area contributed by atoms with Crippen molar-refractivity contribution in [1.82, 2.24) is 0 Å². The van der Waals surface area contributed by atoms with Gasteiger partial charge < -0.3 is 14.6 Å². The highest BCUT2D eigenvalue weighted by molar-refractivity contribution is 5.70. The second-order valence-electron chi connectivity index (χ2n) is 19.7. The molecule has 0 aliphatic heterocycles. The molecule has 5 nitrogen and oxygen atoms in total.